The van der Waals surface area contributed by atoms with Crippen molar-refractivity contribution in [2.24, 2.45) is 0 Å². The van der Waals surface area contributed by atoms with E-state index in [0.29, 0.717) is 11.6 Å². The van der Waals surface area contributed by atoms with Gasteiger partial charge in [0.1, 0.15) is 0 Å². The molecule has 1 aliphatic carbocycles. The van der Waals surface area contributed by atoms with Gasteiger partial charge in [-0.25, -0.2) is 19.9 Å². The minimum absolute atomic E-state index is 0.708. The number of benzene rings is 6. The Morgan fingerprint density at radius 1 is 0.389 bits per heavy atom. The molecule has 0 unspecified atom stereocenters. The summed E-state index contributed by atoms with van der Waals surface area (Å²) >= 11 is 0. The Balaban J connectivity index is 1.22. The first kappa shape index (κ1) is 33.3. The van der Waals surface area contributed by atoms with Gasteiger partial charge in [0.25, 0.3) is 0 Å². The minimum Gasteiger partial charge on any atom is -0.236 e. The highest BCUT2D eigenvalue weighted by atomic mass is 14.9. The molecule has 4 nitrogen and oxygen atoms in total. The maximum Gasteiger partial charge on any atom is 0.159 e. The van der Waals surface area contributed by atoms with Crippen LogP contribution in [0.15, 0.2) is 146 Å². The second-order valence-corrected chi connectivity index (χ2v) is 14.6. The van der Waals surface area contributed by atoms with E-state index in [2.05, 4.69) is 149 Å². The number of hydrogen-bond acceptors (Lipinski definition) is 4. The molecule has 0 N–H and O–H groups in total. The quantitative estimate of drug-likeness (QED) is 0.162. The van der Waals surface area contributed by atoms with Crippen molar-refractivity contribution in [3.8, 4) is 56.2 Å². The molecule has 4 heteroatoms. The van der Waals surface area contributed by atoms with E-state index >= 15 is 0 Å². The summed E-state index contributed by atoms with van der Waals surface area (Å²) in [6.45, 7) is 8.51. The smallest absolute Gasteiger partial charge is 0.159 e. The fourth-order valence-electron chi connectivity index (χ4n) is 8.07. The second-order valence-electron chi connectivity index (χ2n) is 14.6. The van der Waals surface area contributed by atoms with E-state index < -0.39 is 0 Å². The van der Waals surface area contributed by atoms with E-state index in [0.717, 1.165) is 51.8 Å². The standard InChI is InChI=1S/C50H40N4/c1-31-19-32(2)22-39(21-31)41-27-51-49(52-28-41)37-15-17-43-45(25-37)47(35-11-7-5-8-12-35)44-18-16-38(26-46(44)48(43)36-13-9-6-10-14-36)50-53-29-42(30-54-50)40-23-33(3)20-34(4)24-40/h5,7-9,11-30H,6,10H2,1-4H3. The summed E-state index contributed by atoms with van der Waals surface area (Å²) in [5, 5.41) is 4.73. The molecule has 0 amide bonds. The number of aromatic nitrogens is 4. The van der Waals surface area contributed by atoms with Crippen molar-refractivity contribution in [1.82, 2.24) is 19.9 Å². The molecule has 8 aromatic rings. The van der Waals surface area contributed by atoms with Gasteiger partial charge in [-0.15, -0.1) is 0 Å². The topological polar surface area (TPSA) is 51.6 Å². The Labute approximate surface area is 316 Å². The number of nitrogens with zero attached hydrogens (tertiary/aromatic N) is 4. The van der Waals surface area contributed by atoms with Crippen molar-refractivity contribution in [2.45, 2.75) is 40.5 Å². The molecule has 54 heavy (non-hydrogen) atoms. The molecule has 0 aliphatic heterocycles. The van der Waals surface area contributed by atoms with Crippen molar-refractivity contribution >= 4 is 27.1 Å². The van der Waals surface area contributed by atoms with Crippen LogP contribution in [-0.2, 0) is 0 Å². The molecule has 0 spiro atoms. The zero-order valence-corrected chi connectivity index (χ0v) is 31.1. The Morgan fingerprint density at radius 2 is 0.870 bits per heavy atom. The fourth-order valence-corrected chi connectivity index (χ4v) is 8.07. The summed E-state index contributed by atoms with van der Waals surface area (Å²) < 4.78 is 0. The van der Waals surface area contributed by atoms with Gasteiger partial charge in [-0.2, -0.15) is 0 Å². The van der Waals surface area contributed by atoms with Gasteiger partial charge in [0.15, 0.2) is 11.6 Å². The van der Waals surface area contributed by atoms with Crippen LogP contribution in [0.5, 0.6) is 0 Å². The van der Waals surface area contributed by atoms with Gasteiger partial charge < -0.3 is 0 Å². The first-order valence-electron chi connectivity index (χ1n) is 18.7. The fraction of sp³-hybridized carbons (Fsp3) is 0.120. The van der Waals surface area contributed by atoms with Gasteiger partial charge in [0.2, 0.25) is 0 Å². The van der Waals surface area contributed by atoms with E-state index in [4.69, 9.17) is 19.9 Å². The summed E-state index contributed by atoms with van der Waals surface area (Å²) in [6, 6.07) is 37.3. The van der Waals surface area contributed by atoms with Crippen LogP contribution in [0.2, 0.25) is 0 Å². The van der Waals surface area contributed by atoms with Gasteiger partial charge in [0, 0.05) is 47.0 Å². The molecule has 6 aromatic carbocycles. The van der Waals surface area contributed by atoms with Gasteiger partial charge in [-0.1, -0.05) is 131 Å². The summed E-state index contributed by atoms with van der Waals surface area (Å²) in [4.78, 5) is 19.6. The van der Waals surface area contributed by atoms with Crippen LogP contribution in [0.25, 0.3) is 83.3 Å². The summed E-state index contributed by atoms with van der Waals surface area (Å²) in [7, 11) is 0. The molecule has 1 aliphatic rings. The molecule has 0 saturated heterocycles. The number of allylic oxidation sites excluding steroid dienone is 4. The third-order valence-electron chi connectivity index (χ3n) is 10.4. The molecule has 0 saturated carbocycles. The molecule has 0 atom stereocenters. The maximum atomic E-state index is 4.90. The average molecular weight is 697 g/mol. The highest BCUT2D eigenvalue weighted by molar-refractivity contribution is 6.20. The first-order valence-corrected chi connectivity index (χ1v) is 18.7. The van der Waals surface area contributed by atoms with Crippen molar-refractivity contribution < 1.29 is 0 Å². The van der Waals surface area contributed by atoms with Crippen LogP contribution in [0.1, 0.15) is 40.7 Å². The number of fused-ring (bicyclic) bond motifs is 2. The van der Waals surface area contributed by atoms with Crippen LogP contribution >= 0.6 is 0 Å². The van der Waals surface area contributed by atoms with Crippen molar-refractivity contribution in [1.29, 1.82) is 0 Å². The van der Waals surface area contributed by atoms with E-state index in [9.17, 15) is 0 Å². The Bertz CT molecular complexity index is 2740. The summed E-state index contributed by atoms with van der Waals surface area (Å²) in [5.74, 6) is 1.42. The first-order chi connectivity index (χ1) is 26.4. The normalized spacial score (nSPS) is 12.7. The highest BCUT2D eigenvalue weighted by Crippen LogP contribution is 2.45. The molecular weight excluding hydrogens is 657 g/mol. The molecule has 0 radical (unpaired) electrons. The lowest BCUT2D eigenvalue weighted by atomic mass is 9.83. The molecule has 2 aromatic heterocycles. The van der Waals surface area contributed by atoms with Gasteiger partial charge >= 0.3 is 0 Å². The van der Waals surface area contributed by atoms with Gasteiger partial charge in [-0.3, -0.25) is 0 Å². The predicted octanol–water partition coefficient (Wildman–Crippen LogP) is 12.9. The van der Waals surface area contributed by atoms with E-state index in [1.54, 1.807) is 0 Å². The maximum absolute atomic E-state index is 4.90. The highest BCUT2D eigenvalue weighted by Gasteiger charge is 2.20. The largest absolute Gasteiger partial charge is 0.236 e. The molecule has 9 rings (SSSR count). The zero-order chi connectivity index (χ0) is 36.8. The third-order valence-corrected chi connectivity index (χ3v) is 10.4. The molecule has 2 heterocycles. The number of rotatable bonds is 6. The van der Waals surface area contributed by atoms with Crippen molar-refractivity contribution in [3.63, 3.8) is 0 Å². The third kappa shape index (κ3) is 6.30. The van der Waals surface area contributed by atoms with Crippen LogP contribution in [-0.4, -0.2) is 19.9 Å². The van der Waals surface area contributed by atoms with E-state index in [-0.39, 0.29) is 0 Å². The van der Waals surface area contributed by atoms with E-state index in [1.807, 2.05) is 24.8 Å². The van der Waals surface area contributed by atoms with Crippen molar-refractivity contribution in [2.75, 3.05) is 0 Å². The Hall–Kier alpha value is -6.52. The van der Waals surface area contributed by atoms with Crippen LogP contribution < -0.4 is 0 Å². The lowest BCUT2D eigenvalue weighted by Crippen LogP contribution is -1.97. The molecule has 0 bridgehead atoms. The zero-order valence-electron chi connectivity index (χ0n) is 31.1. The number of hydrogen-bond donors (Lipinski definition) is 0. The predicted molar refractivity (Wildman–Crippen MR) is 225 cm³/mol. The van der Waals surface area contributed by atoms with Crippen LogP contribution in [0.3, 0.4) is 0 Å². The lowest BCUT2D eigenvalue weighted by molar-refractivity contribution is 1.04. The average Bonchev–Trinajstić information content (AvgIpc) is 3.19. The van der Waals surface area contributed by atoms with Crippen LogP contribution in [0.4, 0.5) is 0 Å². The van der Waals surface area contributed by atoms with Crippen molar-refractivity contribution in [3.05, 3.63) is 174 Å². The summed E-state index contributed by atoms with van der Waals surface area (Å²) in [6.07, 6.45) is 16.8. The minimum atomic E-state index is 0.708. The molecule has 0 fully saturated rings. The van der Waals surface area contributed by atoms with Gasteiger partial charge in [-0.05, 0) is 108 Å². The second kappa shape index (κ2) is 13.8. The lowest BCUT2D eigenvalue weighted by Gasteiger charge is -2.20. The SMILES string of the molecule is Cc1cc(C)cc(-c2cnc(-c3ccc4c(-c5ccccc5)c5cc(-c6ncc(-c7cc(C)cc(C)c7)cn6)ccc5c(C5=CCCC=C5)c4c3)nc2)c1. The molecular formula is C50H40N4. The van der Waals surface area contributed by atoms with Crippen LogP contribution in [0, 0.1) is 27.7 Å². The van der Waals surface area contributed by atoms with Gasteiger partial charge in [0.05, 0.1) is 0 Å². The summed E-state index contributed by atoms with van der Waals surface area (Å²) in [5.41, 5.74) is 16.0. The number of aryl methyl sites for hydroxylation is 4. The Kier molecular flexibility index (Phi) is 8.51. The Morgan fingerprint density at radius 3 is 1.35 bits per heavy atom. The van der Waals surface area contributed by atoms with E-state index in [1.165, 1.54) is 60.5 Å². The molecule has 260 valence electrons. The monoisotopic (exact) mass is 696 g/mol.